The lowest BCUT2D eigenvalue weighted by Crippen LogP contribution is -2.12. The molecule has 0 saturated heterocycles. The van der Waals surface area contributed by atoms with Gasteiger partial charge in [0.15, 0.2) is 0 Å². The van der Waals surface area contributed by atoms with Crippen molar-refractivity contribution < 1.29 is 13.2 Å². The van der Waals surface area contributed by atoms with Crippen molar-refractivity contribution in [2.45, 2.75) is 18.7 Å². The van der Waals surface area contributed by atoms with Crippen molar-refractivity contribution in [3.05, 3.63) is 65.1 Å². The molecule has 0 saturated carbocycles. The average Bonchev–Trinajstić information content (AvgIpc) is 2.67. The lowest BCUT2D eigenvalue weighted by atomic mass is 10.1. The summed E-state index contributed by atoms with van der Waals surface area (Å²) in [7, 11) is -3.64. The molecular weight excluding hydrogens is 442 g/mol. The Morgan fingerprint density at radius 3 is 2.21 bits per heavy atom. The number of rotatable bonds is 7. The number of nitrogens with one attached hydrogen (secondary N) is 1. The van der Waals surface area contributed by atoms with Gasteiger partial charge in [0.25, 0.3) is 10.0 Å². The highest BCUT2D eigenvalue weighted by molar-refractivity contribution is 9.10. The molecule has 1 heterocycles. The molecule has 28 heavy (non-hydrogen) atoms. The fraction of sp³-hybridized carbons (Fsp3) is 0.200. The van der Waals surface area contributed by atoms with Crippen LogP contribution in [0.5, 0.6) is 5.88 Å². The Morgan fingerprint density at radius 1 is 0.964 bits per heavy atom. The van der Waals surface area contributed by atoms with Crippen molar-refractivity contribution in [3.63, 3.8) is 0 Å². The normalized spacial score (nSPS) is 11.4. The molecule has 6 nitrogen and oxygen atoms in total. The Hall–Kier alpha value is -2.45. The van der Waals surface area contributed by atoms with Crippen LogP contribution in [0.4, 0.5) is 5.69 Å². The number of nitrogens with zero attached hydrogens (tertiary/aromatic N) is 2. The molecule has 1 aromatic heterocycles. The van der Waals surface area contributed by atoms with Crippen LogP contribution < -0.4 is 9.46 Å². The van der Waals surface area contributed by atoms with E-state index in [2.05, 4.69) is 44.7 Å². The fourth-order valence-corrected chi connectivity index (χ4v) is 3.66. The van der Waals surface area contributed by atoms with Crippen molar-refractivity contribution in [2.24, 2.45) is 5.92 Å². The number of ether oxygens (including phenoxy) is 1. The number of halogens is 1. The lowest BCUT2D eigenvalue weighted by Gasteiger charge is -2.09. The van der Waals surface area contributed by atoms with Gasteiger partial charge in [-0.25, -0.2) is 8.42 Å². The average molecular weight is 462 g/mol. The molecular formula is C20H20BrN3O3S. The molecule has 0 aliphatic carbocycles. The van der Waals surface area contributed by atoms with Gasteiger partial charge in [-0.2, -0.15) is 0 Å². The lowest BCUT2D eigenvalue weighted by molar-refractivity contribution is 0.258. The summed E-state index contributed by atoms with van der Waals surface area (Å²) in [5.41, 5.74) is 1.98. The van der Waals surface area contributed by atoms with Gasteiger partial charge < -0.3 is 4.74 Å². The van der Waals surface area contributed by atoms with Gasteiger partial charge in [-0.3, -0.25) is 4.72 Å². The Bertz CT molecular complexity index is 1020. The minimum absolute atomic E-state index is 0.197. The molecule has 0 spiro atoms. The standard InChI is InChI=1S/C20H20BrN3O3S/c1-14(2)13-27-20-12-11-19(22-23-20)15-3-7-17(8-4-15)24-28(25,26)18-9-5-16(21)6-10-18/h3-12,14,24H,13H2,1-2H3. The minimum atomic E-state index is -3.64. The molecule has 1 N–H and O–H groups in total. The number of benzene rings is 2. The third-order valence-electron chi connectivity index (χ3n) is 3.76. The van der Waals surface area contributed by atoms with Gasteiger partial charge >= 0.3 is 0 Å². The molecule has 3 aromatic rings. The SMILES string of the molecule is CC(C)COc1ccc(-c2ccc(NS(=O)(=O)c3ccc(Br)cc3)cc2)nn1. The summed E-state index contributed by atoms with van der Waals surface area (Å²) in [5.74, 6) is 0.895. The maximum Gasteiger partial charge on any atom is 0.261 e. The maximum absolute atomic E-state index is 12.5. The monoisotopic (exact) mass is 461 g/mol. The highest BCUT2D eigenvalue weighted by atomic mass is 79.9. The first-order valence-electron chi connectivity index (χ1n) is 8.69. The van der Waals surface area contributed by atoms with Gasteiger partial charge in [-0.15, -0.1) is 10.2 Å². The molecule has 0 amide bonds. The summed E-state index contributed by atoms with van der Waals surface area (Å²) in [5, 5.41) is 8.24. The first kappa shape index (κ1) is 20.3. The van der Waals surface area contributed by atoms with E-state index in [0.29, 0.717) is 29.8 Å². The third kappa shape index (κ3) is 5.30. The van der Waals surface area contributed by atoms with Crippen LogP contribution in [0.2, 0.25) is 0 Å². The minimum Gasteiger partial charge on any atom is -0.476 e. The van der Waals surface area contributed by atoms with Crippen molar-refractivity contribution in [1.82, 2.24) is 10.2 Å². The molecule has 0 unspecified atom stereocenters. The Labute approximate surface area is 173 Å². The van der Waals surface area contributed by atoms with Crippen LogP contribution in [-0.2, 0) is 10.0 Å². The van der Waals surface area contributed by atoms with E-state index in [4.69, 9.17) is 4.74 Å². The van der Waals surface area contributed by atoms with E-state index in [1.165, 1.54) is 0 Å². The molecule has 0 atom stereocenters. The zero-order valence-electron chi connectivity index (χ0n) is 15.5. The van der Waals surface area contributed by atoms with Gasteiger partial charge in [0.05, 0.1) is 17.2 Å². The van der Waals surface area contributed by atoms with Crippen LogP contribution in [0.15, 0.2) is 70.0 Å². The van der Waals surface area contributed by atoms with Crippen molar-refractivity contribution in [1.29, 1.82) is 0 Å². The van der Waals surface area contributed by atoms with Crippen molar-refractivity contribution in [2.75, 3.05) is 11.3 Å². The van der Waals surface area contributed by atoms with Gasteiger partial charge in [0.2, 0.25) is 5.88 Å². The van der Waals surface area contributed by atoms with E-state index in [0.717, 1.165) is 10.0 Å². The summed E-state index contributed by atoms with van der Waals surface area (Å²) in [4.78, 5) is 0.197. The smallest absolute Gasteiger partial charge is 0.261 e. The molecule has 3 rings (SSSR count). The van der Waals surface area contributed by atoms with Gasteiger partial charge in [0.1, 0.15) is 0 Å². The summed E-state index contributed by atoms with van der Waals surface area (Å²) in [6.07, 6.45) is 0. The van der Waals surface area contributed by atoms with Crippen LogP contribution in [-0.4, -0.2) is 25.2 Å². The van der Waals surface area contributed by atoms with E-state index < -0.39 is 10.0 Å². The number of hydrogen-bond acceptors (Lipinski definition) is 5. The highest BCUT2D eigenvalue weighted by Crippen LogP contribution is 2.23. The molecule has 0 aliphatic rings. The second kappa shape index (κ2) is 8.70. The van der Waals surface area contributed by atoms with Crippen molar-refractivity contribution >= 4 is 31.6 Å². The zero-order valence-corrected chi connectivity index (χ0v) is 17.9. The Balaban J connectivity index is 1.70. The second-order valence-electron chi connectivity index (χ2n) is 6.60. The number of anilines is 1. The predicted molar refractivity (Wildman–Crippen MR) is 113 cm³/mol. The van der Waals surface area contributed by atoms with E-state index >= 15 is 0 Å². The number of aromatic nitrogens is 2. The summed E-state index contributed by atoms with van der Waals surface area (Å²) >= 11 is 3.29. The van der Waals surface area contributed by atoms with Crippen LogP contribution in [0, 0.1) is 5.92 Å². The topological polar surface area (TPSA) is 81.2 Å². The van der Waals surface area contributed by atoms with Gasteiger partial charge in [0, 0.05) is 21.8 Å². The summed E-state index contributed by atoms with van der Waals surface area (Å²) < 4.78 is 33.8. The Kier molecular flexibility index (Phi) is 6.31. The van der Waals surface area contributed by atoms with Crippen LogP contribution in [0.1, 0.15) is 13.8 Å². The Morgan fingerprint density at radius 2 is 1.64 bits per heavy atom. The highest BCUT2D eigenvalue weighted by Gasteiger charge is 2.14. The number of hydrogen-bond donors (Lipinski definition) is 1. The first-order chi connectivity index (χ1) is 13.3. The quantitative estimate of drug-likeness (QED) is 0.549. The molecule has 0 aliphatic heterocycles. The van der Waals surface area contributed by atoms with Gasteiger partial charge in [-0.1, -0.05) is 41.9 Å². The van der Waals surface area contributed by atoms with Crippen molar-refractivity contribution in [3.8, 4) is 17.1 Å². The molecule has 2 aromatic carbocycles. The molecule has 0 fully saturated rings. The van der Waals surface area contributed by atoms with E-state index in [-0.39, 0.29) is 4.90 Å². The fourth-order valence-electron chi connectivity index (χ4n) is 2.34. The summed E-state index contributed by atoms with van der Waals surface area (Å²) in [6, 6.07) is 17.0. The maximum atomic E-state index is 12.5. The predicted octanol–water partition coefficient (Wildman–Crippen LogP) is 4.74. The second-order valence-corrected chi connectivity index (χ2v) is 9.20. The third-order valence-corrected chi connectivity index (χ3v) is 5.69. The summed E-state index contributed by atoms with van der Waals surface area (Å²) in [6.45, 7) is 4.71. The molecule has 8 heteroatoms. The largest absolute Gasteiger partial charge is 0.476 e. The van der Waals surface area contributed by atoms with E-state index in [9.17, 15) is 8.42 Å². The first-order valence-corrected chi connectivity index (χ1v) is 11.0. The van der Waals surface area contributed by atoms with E-state index in [1.54, 1.807) is 54.6 Å². The van der Waals surface area contributed by atoms with Crippen LogP contribution >= 0.6 is 15.9 Å². The number of sulfonamides is 1. The zero-order chi connectivity index (χ0) is 20.1. The van der Waals surface area contributed by atoms with E-state index in [1.807, 2.05) is 6.07 Å². The molecule has 146 valence electrons. The van der Waals surface area contributed by atoms with Gasteiger partial charge in [-0.05, 0) is 48.4 Å². The van der Waals surface area contributed by atoms with Crippen LogP contribution in [0.25, 0.3) is 11.3 Å². The molecule has 0 radical (unpaired) electrons. The molecule has 0 bridgehead atoms. The van der Waals surface area contributed by atoms with Crippen LogP contribution in [0.3, 0.4) is 0 Å².